The first kappa shape index (κ1) is 12.9. The van der Waals surface area contributed by atoms with Crippen LogP contribution in [0.1, 0.15) is 51.9 Å². The number of rotatable bonds is 9. The molecule has 0 saturated carbocycles. The van der Waals surface area contributed by atoms with Crippen molar-refractivity contribution in [3.63, 3.8) is 0 Å². The van der Waals surface area contributed by atoms with Crippen molar-refractivity contribution in [1.29, 1.82) is 0 Å². The lowest BCUT2D eigenvalue weighted by Gasteiger charge is -2.06. The van der Waals surface area contributed by atoms with Crippen LogP contribution in [0.25, 0.3) is 0 Å². The minimum Gasteiger partial charge on any atom is -0.396 e. The molecule has 0 rings (SSSR count). The summed E-state index contributed by atoms with van der Waals surface area (Å²) in [6, 6.07) is 0. The van der Waals surface area contributed by atoms with Gasteiger partial charge in [-0.05, 0) is 18.8 Å². The van der Waals surface area contributed by atoms with Crippen molar-refractivity contribution in [3.05, 3.63) is 0 Å². The zero-order valence-electron chi connectivity index (χ0n) is 8.84. The van der Waals surface area contributed by atoms with Crippen LogP contribution < -0.4 is 0 Å². The van der Waals surface area contributed by atoms with Gasteiger partial charge in [0.15, 0.2) is 0 Å². The monoisotopic (exact) mass is 188 g/mol. The van der Waals surface area contributed by atoms with E-state index in [-0.39, 0.29) is 0 Å². The molecule has 13 heavy (non-hydrogen) atoms. The summed E-state index contributed by atoms with van der Waals surface area (Å²) >= 11 is 0. The van der Waals surface area contributed by atoms with E-state index in [0.29, 0.717) is 19.1 Å². The normalized spacial score (nSPS) is 13.2. The third-order valence-electron chi connectivity index (χ3n) is 2.42. The molecule has 0 aliphatic carbocycles. The van der Waals surface area contributed by atoms with Crippen molar-refractivity contribution in [2.24, 2.45) is 5.92 Å². The molecule has 0 fully saturated rings. The molecule has 0 saturated heterocycles. The Morgan fingerprint density at radius 3 is 1.92 bits per heavy atom. The maximum absolute atomic E-state index is 8.78. The number of aliphatic hydroxyl groups excluding tert-OH is 2. The molecule has 0 amide bonds. The summed E-state index contributed by atoms with van der Waals surface area (Å²) in [5.74, 6) is 0.470. The van der Waals surface area contributed by atoms with Crippen LogP contribution in [0.5, 0.6) is 0 Å². The van der Waals surface area contributed by atoms with Gasteiger partial charge in [-0.2, -0.15) is 0 Å². The summed E-state index contributed by atoms with van der Waals surface area (Å²) in [4.78, 5) is 0. The topological polar surface area (TPSA) is 40.5 Å². The molecule has 0 aromatic heterocycles. The van der Waals surface area contributed by atoms with Crippen molar-refractivity contribution in [2.45, 2.75) is 51.9 Å². The lowest BCUT2D eigenvalue weighted by molar-refractivity contribution is 0.227. The van der Waals surface area contributed by atoms with Crippen LogP contribution in [0.15, 0.2) is 0 Å². The first-order valence-electron chi connectivity index (χ1n) is 5.53. The van der Waals surface area contributed by atoms with Crippen LogP contribution >= 0.6 is 0 Å². The van der Waals surface area contributed by atoms with Gasteiger partial charge >= 0.3 is 0 Å². The van der Waals surface area contributed by atoms with Gasteiger partial charge in [0.05, 0.1) is 0 Å². The zero-order chi connectivity index (χ0) is 9.94. The van der Waals surface area contributed by atoms with Crippen LogP contribution in [0, 0.1) is 5.92 Å². The largest absolute Gasteiger partial charge is 0.396 e. The number of unbranched alkanes of at least 4 members (excludes halogenated alkanes) is 5. The summed E-state index contributed by atoms with van der Waals surface area (Å²) in [5, 5.41) is 17.3. The molecular weight excluding hydrogens is 164 g/mol. The molecule has 0 unspecified atom stereocenters. The summed E-state index contributed by atoms with van der Waals surface area (Å²) in [6.07, 6.45) is 8.29. The molecule has 0 aromatic rings. The molecule has 80 valence electrons. The van der Waals surface area contributed by atoms with Crippen molar-refractivity contribution in [2.75, 3.05) is 13.2 Å². The van der Waals surface area contributed by atoms with Crippen LogP contribution in [-0.4, -0.2) is 23.4 Å². The van der Waals surface area contributed by atoms with Crippen molar-refractivity contribution in [3.8, 4) is 0 Å². The fourth-order valence-electron chi connectivity index (χ4n) is 1.40. The molecule has 0 radical (unpaired) electrons. The predicted octanol–water partition coefficient (Wildman–Crippen LogP) is 2.34. The van der Waals surface area contributed by atoms with E-state index in [1.165, 1.54) is 25.7 Å². The van der Waals surface area contributed by atoms with Gasteiger partial charge in [-0.1, -0.05) is 39.0 Å². The van der Waals surface area contributed by atoms with E-state index in [4.69, 9.17) is 10.2 Å². The van der Waals surface area contributed by atoms with Gasteiger partial charge in [0.1, 0.15) is 0 Å². The molecule has 2 nitrogen and oxygen atoms in total. The Balaban J connectivity index is 2.91. The van der Waals surface area contributed by atoms with E-state index in [1.54, 1.807) is 0 Å². The molecule has 2 heteroatoms. The lowest BCUT2D eigenvalue weighted by atomic mass is 10.0. The van der Waals surface area contributed by atoms with Gasteiger partial charge in [-0.3, -0.25) is 0 Å². The standard InChI is InChI=1S/C11H24O2/c1-11(10-13)8-6-4-2-3-5-7-9-12/h11-13H,2-10H2,1H3/t11-/m0/s1. The summed E-state index contributed by atoms with van der Waals surface area (Å²) in [5.41, 5.74) is 0. The summed E-state index contributed by atoms with van der Waals surface area (Å²) in [6.45, 7) is 2.75. The highest BCUT2D eigenvalue weighted by Crippen LogP contribution is 2.11. The molecule has 0 heterocycles. The van der Waals surface area contributed by atoms with E-state index < -0.39 is 0 Å². The Labute approximate surface area is 82.0 Å². The third kappa shape index (κ3) is 9.84. The maximum atomic E-state index is 8.78. The minimum absolute atomic E-state index is 0.324. The fraction of sp³-hybridized carbons (Fsp3) is 1.00. The second kappa shape index (κ2) is 10.0. The highest BCUT2D eigenvalue weighted by atomic mass is 16.3. The zero-order valence-corrected chi connectivity index (χ0v) is 8.84. The number of hydrogen-bond donors (Lipinski definition) is 2. The smallest absolute Gasteiger partial charge is 0.0456 e. The van der Waals surface area contributed by atoms with E-state index in [2.05, 4.69) is 6.92 Å². The SMILES string of the molecule is C[C@H](CO)CCCCCCCCO. The minimum atomic E-state index is 0.324. The maximum Gasteiger partial charge on any atom is 0.0456 e. The molecule has 0 spiro atoms. The second-order valence-electron chi connectivity index (χ2n) is 3.92. The lowest BCUT2D eigenvalue weighted by Crippen LogP contribution is -1.99. The Morgan fingerprint density at radius 1 is 0.846 bits per heavy atom. The van der Waals surface area contributed by atoms with Gasteiger partial charge in [-0.15, -0.1) is 0 Å². The molecule has 0 aliphatic heterocycles. The predicted molar refractivity (Wildman–Crippen MR) is 55.7 cm³/mol. The van der Waals surface area contributed by atoms with Crippen molar-refractivity contribution < 1.29 is 10.2 Å². The van der Waals surface area contributed by atoms with E-state index in [1.807, 2.05) is 0 Å². The number of aliphatic hydroxyl groups is 2. The summed E-state index contributed by atoms with van der Waals surface area (Å²) in [7, 11) is 0. The highest BCUT2D eigenvalue weighted by Gasteiger charge is 1.98. The Bertz CT molecular complexity index is 94.1. The number of hydrogen-bond acceptors (Lipinski definition) is 2. The van der Waals surface area contributed by atoms with E-state index in [9.17, 15) is 0 Å². The van der Waals surface area contributed by atoms with Gasteiger partial charge < -0.3 is 10.2 Å². The quantitative estimate of drug-likeness (QED) is 0.545. The summed E-state index contributed by atoms with van der Waals surface area (Å²) < 4.78 is 0. The van der Waals surface area contributed by atoms with Crippen LogP contribution in [-0.2, 0) is 0 Å². The first-order valence-corrected chi connectivity index (χ1v) is 5.53. The molecule has 1 atom stereocenters. The van der Waals surface area contributed by atoms with Gasteiger partial charge in [-0.25, -0.2) is 0 Å². The van der Waals surface area contributed by atoms with Crippen molar-refractivity contribution in [1.82, 2.24) is 0 Å². The molecule has 0 bridgehead atoms. The molecule has 2 N–H and O–H groups in total. The Hall–Kier alpha value is -0.0800. The second-order valence-corrected chi connectivity index (χ2v) is 3.92. The van der Waals surface area contributed by atoms with Crippen LogP contribution in [0.2, 0.25) is 0 Å². The Morgan fingerprint density at radius 2 is 1.38 bits per heavy atom. The van der Waals surface area contributed by atoms with Crippen LogP contribution in [0.3, 0.4) is 0 Å². The average Bonchev–Trinajstić information content (AvgIpc) is 2.16. The van der Waals surface area contributed by atoms with Gasteiger partial charge in [0, 0.05) is 13.2 Å². The van der Waals surface area contributed by atoms with Gasteiger partial charge in [0.25, 0.3) is 0 Å². The average molecular weight is 188 g/mol. The van der Waals surface area contributed by atoms with E-state index >= 15 is 0 Å². The van der Waals surface area contributed by atoms with Crippen LogP contribution in [0.4, 0.5) is 0 Å². The fourth-order valence-corrected chi connectivity index (χ4v) is 1.40. The molecule has 0 aromatic carbocycles. The Kier molecular flexibility index (Phi) is 9.94. The molecule has 0 aliphatic rings. The first-order chi connectivity index (χ1) is 6.31. The molecular formula is C11H24O2. The van der Waals surface area contributed by atoms with E-state index in [0.717, 1.165) is 19.3 Å². The highest BCUT2D eigenvalue weighted by molar-refractivity contribution is 4.51. The third-order valence-corrected chi connectivity index (χ3v) is 2.42. The van der Waals surface area contributed by atoms with Crippen molar-refractivity contribution >= 4 is 0 Å². The van der Waals surface area contributed by atoms with Gasteiger partial charge in [0.2, 0.25) is 0 Å².